The average molecular weight is 409 g/mol. The molecule has 1 atom stereocenters. The van der Waals surface area contributed by atoms with E-state index in [1.54, 1.807) is 17.1 Å². The minimum atomic E-state index is 0.272. The fourth-order valence-electron chi connectivity index (χ4n) is 4.41. The van der Waals surface area contributed by atoms with Crippen LogP contribution in [0.1, 0.15) is 53.3 Å². The van der Waals surface area contributed by atoms with Gasteiger partial charge in [0.15, 0.2) is 5.82 Å². The molecule has 6 heteroatoms. The zero-order valence-corrected chi connectivity index (χ0v) is 17.4. The van der Waals surface area contributed by atoms with Gasteiger partial charge >= 0.3 is 0 Å². The maximum absolute atomic E-state index is 6.09. The summed E-state index contributed by atoms with van der Waals surface area (Å²) in [5.74, 6) is 1.88. The maximum Gasteiger partial charge on any atom is 0.158 e. The first-order valence-electron chi connectivity index (χ1n) is 10.4. The molecule has 3 aromatic rings. The molecule has 3 heterocycles. The molecule has 0 fully saturated rings. The van der Waals surface area contributed by atoms with E-state index in [1.165, 1.54) is 36.0 Å². The predicted molar refractivity (Wildman–Crippen MR) is 114 cm³/mol. The molecule has 0 amide bonds. The Labute approximate surface area is 176 Å². The number of rotatable bonds is 4. The molecule has 1 N–H and O–H groups in total. The largest absolute Gasteiger partial charge is 0.493 e. The number of fused-ring (bicyclic) bond motifs is 2. The summed E-state index contributed by atoms with van der Waals surface area (Å²) in [4.78, 5) is 4.71. The van der Waals surface area contributed by atoms with Gasteiger partial charge in [0.2, 0.25) is 0 Å². The number of nitrogens with one attached hydrogen (secondary N) is 1. The zero-order chi connectivity index (χ0) is 19.8. The molecular weight excluding hydrogens is 384 g/mol. The van der Waals surface area contributed by atoms with Gasteiger partial charge in [-0.3, -0.25) is 0 Å². The molecule has 1 aliphatic carbocycles. The van der Waals surface area contributed by atoms with E-state index in [9.17, 15) is 0 Å². The normalized spacial score (nSPS) is 18.1. The number of benzene rings is 1. The molecule has 2 aliphatic rings. The van der Waals surface area contributed by atoms with E-state index in [2.05, 4.69) is 28.6 Å². The summed E-state index contributed by atoms with van der Waals surface area (Å²) in [6.07, 6.45) is 9.16. The van der Waals surface area contributed by atoms with Crippen LogP contribution in [-0.2, 0) is 19.4 Å². The quantitative estimate of drug-likeness (QED) is 0.678. The Kier molecular flexibility index (Phi) is 5.02. The number of aryl methyl sites for hydroxylation is 3. The summed E-state index contributed by atoms with van der Waals surface area (Å²) >= 11 is 6.08. The van der Waals surface area contributed by atoms with Gasteiger partial charge in [0.05, 0.1) is 24.0 Å². The van der Waals surface area contributed by atoms with Gasteiger partial charge in [0.25, 0.3) is 0 Å². The van der Waals surface area contributed by atoms with Crippen molar-refractivity contribution >= 4 is 11.6 Å². The van der Waals surface area contributed by atoms with Crippen molar-refractivity contribution in [2.24, 2.45) is 0 Å². The molecular formula is C23H25ClN4O. The topological polar surface area (TPSA) is 52.0 Å². The van der Waals surface area contributed by atoms with Crippen molar-refractivity contribution in [1.29, 1.82) is 0 Å². The van der Waals surface area contributed by atoms with Crippen LogP contribution in [0.3, 0.4) is 0 Å². The number of aromatic nitrogens is 3. The van der Waals surface area contributed by atoms with Crippen LogP contribution in [0.2, 0.25) is 5.02 Å². The van der Waals surface area contributed by atoms with Gasteiger partial charge in [-0.05, 0) is 62.3 Å². The van der Waals surface area contributed by atoms with Crippen LogP contribution in [0, 0.1) is 6.92 Å². The van der Waals surface area contributed by atoms with E-state index >= 15 is 0 Å². The Morgan fingerprint density at radius 1 is 1.21 bits per heavy atom. The summed E-state index contributed by atoms with van der Waals surface area (Å²) < 4.78 is 7.84. The lowest BCUT2D eigenvalue weighted by atomic mass is 9.97. The van der Waals surface area contributed by atoms with Crippen molar-refractivity contribution in [3.63, 3.8) is 0 Å². The molecule has 1 unspecified atom stereocenters. The predicted octanol–water partition coefficient (Wildman–Crippen LogP) is 4.72. The minimum absolute atomic E-state index is 0.272. The fraction of sp³-hybridized carbons (Fsp3) is 0.391. The van der Waals surface area contributed by atoms with Crippen LogP contribution < -0.4 is 10.1 Å². The number of pyridine rings is 1. The van der Waals surface area contributed by atoms with Crippen molar-refractivity contribution in [1.82, 2.24) is 20.1 Å². The van der Waals surface area contributed by atoms with Crippen LogP contribution in [0.15, 0.2) is 36.7 Å². The third-order valence-electron chi connectivity index (χ3n) is 5.90. The molecule has 0 saturated carbocycles. The van der Waals surface area contributed by atoms with Gasteiger partial charge < -0.3 is 10.1 Å². The molecule has 2 aromatic heterocycles. The molecule has 150 valence electrons. The molecule has 5 rings (SSSR count). The van der Waals surface area contributed by atoms with Crippen molar-refractivity contribution < 1.29 is 4.74 Å². The molecule has 0 bridgehead atoms. The number of hydrogen-bond acceptors (Lipinski definition) is 4. The Morgan fingerprint density at radius 3 is 2.90 bits per heavy atom. The summed E-state index contributed by atoms with van der Waals surface area (Å²) in [6, 6.07) is 9.10. The van der Waals surface area contributed by atoms with E-state index in [1.807, 2.05) is 13.0 Å². The second kappa shape index (κ2) is 7.81. The first-order chi connectivity index (χ1) is 14.2. The van der Waals surface area contributed by atoms with Crippen LogP contribution in [-0.4, -0.2) is 21.4 Å². The zero-order valence-electron chi connectivity index (χ0n) is 16.6. The van der Waals surface area contributed by atoms with Gasteiger partial charge in [0.1, 0.15) is 5.75 Å². The maximum atomic E-state index is 6.09. The number of ether oxygens (including phenoxy) is 1. The van der Waals surface area contributed by atoms with E-state index in [0.717, 1.165) is 42.3 Å². The molecule has 5 nitrogen and oxygen atoms in total. The molecule has 29 heavy (non-hydrogen) atoms. The number of halogens is 1. The SMILES string of the molecule is Cc1ccc(CNC2CCCOc3cc4c(cc32)CCC4)c(-n2cc(Cl)cn2)n1. The minimum Gasteiger partial charge on any atom is -0.493 e. The standard InChI is InChI=1S/C23H25ClN4O/c1-15-7-8-18(23(27-15)28-14-19(24)13-26-28)12-25-21-6-3-9-29-22-11-17-5-2-4-16(17)10-20(21)22/h7-8,10-11,13-14,21,25H,2-6,9,12H2,1H3. The lowest BCUT2D eigenvalue weighted by molar-refractivity contribution is 0.315. The monoisotopic (exact) mass is 408 g/mol. The number of hydrogen-bond donors (Lipinski definition) is 1. The van der Waals surface area contributed by atoms with Gasteiger partial charge in [-0.25, -0.2) is 9.67 Å². The van der Waals surface area contributed by atoms with Crippen LogP contribution in [0.5, 0.6) is 5.75 Å². The highest BCUT2D eigenvalue weighted by Crippen LogP contribution is 2.37. The smallest absolute Gasteiger partial charge is 0.158 e. The summed E-state index contributed by atoms with van der Waals surface area (Å²) in [6.45, 7) is 3.49. The van der Waals surface area contributed by atoms with Crippen molar-refractivity contribution in [3.05, 3.63) is 69.6 Å². The first kappa shape index (κ1) is 18.6. The molecule has 1 aliphatic heterocycles. The highest BCUT2D eigenvalue weighted by atomic mass is 35.5. The summed E-state index contributed by atoms with van der Waals surface area (Å²) in [5.41, 5.74) is 6.31. The van der Waals surface area contributed by atoms with Gasteiger partial charge in [0, 0.05) is 29.4 Å². The lowest BCUT2D eigenvalue weighted by Crippen LogP contribution is -2.22. The van der Waals surface area contributed by atoms with Gasteiger partial charge in [-0.2, -0.15) is 5.10 Å². The van der Waals surface area contributed by atoms with Crippen molar-refractivity contribution in [2.75, 3.05) is 6.61 Å². The Bertz CT molecular complexity index is 1050. The molecule has 0 radical (unpaired) electrons. The van der Waals surface area contributed by atoms with Gasteiger partial charge in [-0.15, -0.1) is 0 Å². The Morgan fingerprint density at radius 2 is 2.07 bits per heavy atom. The average Bonchev–Trinajstić information content (AvgIpc) is 3.31. The molecule has 1 aromatic carbocycles. The van der Waals surface area contributed by atoms with E-state index in [4.69, 9.17) is 21.3 Å². The number of nitrogens with zero attached hydrogens (tertiary/aromatic N) is 3. The second-order valence-corrected chi connectivity index (χ2v) is 8.41. The lowest BCUT2D eigenvalue weighted by Gasteiger charge is -2.20. The first-order valence-corrected chi connectivity index (χ1v) is 10.7. The third kappa shape index (κ3) is 3.77. The summed E-state index contributed by atoms with van der Waals surface area (Å²) in [7, 11) is 0. The fourth-order valence-corrected chi connectivity index (χ4v) is 4.55. The highest BCUT2D eigenvalue weighted by molar-refractivity contribution is 6.30. The second-order valence-electron chi connectivity index (χ2n) is 7.97. The van der Waals surface area contributed by atoms with Crippen LogP contribution in [0.25, 0.3) is 5.82 Å². The van der Waals surface area contributed by atoms with E-state index in [-0.39, 0.29) is 6.04 Å². The molecule has 0 spiro atoms. The van der Waals surface area contributed by atoms with Gasteiger partial charge in [-0.1, -0.05) is 23.7 Å². The Hall–Kier alpha value is -2.37. The summed E-state index contributed by atoms with van der Waals surface area (Å²) in [5, 5.41) is 8.72. The van der Waals surface area contributed by atoms with Crippen molar-refractivity contribution in [2.45, 2.75) is 51.6 Å². The van der Waals surface area contributed by atoms with Crippen molar-refractivity contribution in [3.8, 4) is 11.6 Å². The van der Waals surface area contributed by atoms with Crippen LogP contribution in [0.4, 0.5) is 0 Å². The van der Waals surface area contributed by atoms with E-state index in [0.29, 0.717) is 11.6 Å². The highest BCUT2D eigenvalue weighted by Gasteiger charge is 2.23. The Balaban J connectivity index is 1.42. The third-order valence-corrected chi connectivity index (χ3v) is 6.09. The van der Waals surface area contributed by atoms with Crippen LogP contribution >= 0.6 is 11.6 Å². The molecule has 0 saturated heterocycles. The van der Waals surface area contributed by atoms with E-state index < -0.39 is 0 Å².